The lowest BCUT2D eigenvalue weighted by molar-refractivity contribution is -0.156. The highest BCUT2D eigenvalue weighted by Gasteiger charge is 2.30. The number of rotatable bonds is 5. The van der Waals surface area contributed by atoms with E-state index >= 15 is 0 Å². The highest BCUT2D eigenvalue weighted by molar-refractivity contribution is 7.80. The van der Waals surface area contributed by atoms with Gasteiger partial charge in [0.05, 0.1) is 16.3 Å². The molecule has 1 aliphatic heterocycles. The minimum atomic E-state index is -4.62. The molecule has 0 saturated heterocycles. The van der Waals surface area contributed by atoms with Gasteiger partial charge >= 0.3 is 6.18 Å². The van der Waals surface area contributed by atoms with E-state index < -0.39 is 30.5 Å². The number of pyridine rings is 1. The molecule has 2 aromatic rings. The van der Waals surface area contributed by atoms with E-state index in [-0.39, 0.29) is 40.3 Å². The maximum Gasteiger partial charge on any atom is 0.422 e. The van der Waals surface area contributed by atoms with Gasteiger partial charge in [-0.15, -0.1) is 0 Å². The number of aromatic nitrogens is 1. The van der Waals surface area contributed by atoms with Crippen molar-refractivity contribution < 1.29 is 27.5 Å². The van der Waals surface area contributed by atoms with E-state index in [2.05, 4.69) is 25.9 Å². The van der Waals surface area contributed by atoms with Crippen molar-refractivity contribution in [2.24, 2.45) is 4.99 Å². The summed E-state index contributed by atoms with van der Waals surface area (Å²) in [5.74, 6) is -1.46. The lowest BCUT2D eigenvalue weighted by atomic mass is 10.1. The molecule has 3 rings (SSSR count). The number of amides is 2. The molecule has 1 aliphatic rings. The van der Waals surface area contributed by atoms with Gasteiger partial charge < -0.3 is 20.3 Å². The molecule has 0 radical (unpaired) electrons. The van der Waals surface area contributed by atoms with Crippen molar-refractivity contribution in [2.75, 3.05) is 37.0 Å². The number of nitrogens with one attached hydrogen (secondary N) is 3. The maximum atomic E-state index is 13.5. The zero-order valence-electron chi connectivity index (χ0n) is 20.7. The Bertz CT molecular complexity index is 1340. The molecule has 1 aromatic carbocycles. The first-order chi connectivity index (χ1) is 18.4. The highest BCUT2D eigenvalue weighted by Crippen LogP contribution is 2.28. The maximum absolute atomic E-state index is 13.5. The van der Waals surface area contributed by atoms with Crippen LogP contribution in [0.4, 0.5) is 24.7 Å². The average Bonchev–Trinajstić information content (AvgIpc) is 2.84. The lowest BCUT2D eigenvalue weighted by Crippen LogP contribution is -2.42. The van der Waals surface area contributed by atoms with Crippen LogP contribution in [-0.2, 0) is 9.53 Å². The lowest BCUT2D eigenvalue weighted by Gasteiger charge is -2.28. The summed E-state index contributed by atoms with van der Waals surface area (Å²) in [4.78, 5) is 35.5. The van der Waals surface area contributed by atoms with Gasteiger partial charge in [0.2, 0.25) is 5.90 Å². The first kappa shape index (κ1) is 30.1. The van der Waals surface area contributed by atoms with Crippen LogP contribution in [0.25, 0.3) is 0 Å². The summed E-state index contributed by atoms with van der Waals surface area (Å²) >= 11 is 17.7. The summed E-state index contributed by atoms with van der Waals surface area (Å²) in [6, 6.07) is 6.19. The number of ether oxygens (including phenoxy) is 1. The molecule has 0 fully saturated rings. The molecule has 9 nitrogen and oxygen atoms in total. The molecule has 0 unspecified atom stereocenters. The Morgan fingerprint density at radius 2 is 1.97 bits per heavy atom. The number of hydrogen-bond acceptors (Lipinski definition) is 7. The second-order valence-corrected chi connectivity index (χ2v) is 9.35. The van der Waals surface area contributed by atoms with Gasteiger partial charge in [0.1, 0.15) is 5.70 Å². The standard InChI is InChI=1S/C24H23Cl2F3N6O3S/c1-13-9-14(25)10-15(21(36)30-2)19(13)33-23(39)34-22(37)17-11-18(38-12-24(27,28)29)31-7-4-8-35(17)20-16(26)5-3-6-32-20/h3,5-6,9-11H,4,7-8,12H2,1-2H3,(H,30,36)(H2,33,34,37,39). The number of carbonyl (C=O) groups excluding carboxylic acids is 2. The van der Waals surface area contributed by atoms with E-state index in [9.17, 15) is 22.8 Å². The Hall–Kier alpha value is -3.42. The topological polar surface area (TPSA) is 108 Å². The summed E-state index contributed by atoms with van der Waals surface area (Å²) in [7, 11) is 1.45. The number of anilines is 2. The van der Waals surface area contributed by atoms with Crippen LogP contribution in [0.3, 0.4) is 0 Å². The normalized spacial score (nSPS) is 13.9. The first-order valence-corrected chi connectivity index (χ1v) is 12.5. The largest absolute Gasteiger partial charge is 0.468 e. The van der Waals surface area contributed by atoms with E-state index in [4.69, 9.17) is 40.2 Å². The molecule has 1 aromatic heterocycles. The molecule has 2 heterocycles. The van der Waals surface area contributed by atoms with Gasteiger partial charge in [0, 0.05) is 37.4 Å². The summed E-state index contributed by atoms with van der Waals surface area (Å²) in [6.07, 6.45) is -1.74. The molecular formula is C24H23Cl2F3N6O3S. The van der Waals surface area contributed by atoms with Crippen molar-refractivity contribution in [3.8, 4) is 0 Å². The van der Waals surface area contributed by atoms with Gasteiger partial charge in [-0.05, 0) is 55.4 Å². The van der Waals surface area contributed by atoms with Crippen LogP contribution in [0.5, 0.6) is 0 Å². The minimum absolute atomic E-state index is 0.137. The first-order valence-electron chi connectivity index (χ1n) is 11.4. The molecular weight excluding hydrogens is 580 g/mol. The predicted octanol–water partition coefficient (Wildman–Crippen LogP) is 4.64. The number of alkyl halides is 3. The number of thiocarbonyl (C=S) groups is 1. The molecule has 0 aliphatic carbocycles. The Labute approximate surface area is 237 Å². The monoisotopic (exact) mass is 602 g/mol. The second-order valence-electron chi connectivity index (χ2n) is 8.10. The van der Waals surface area contributed by atoms with Gasteiger partial charge in [-0.3, -0.25) is 19.9 Å². The third kappa shape index (κ3) is 8.28. The van der Waals surface area contributed by atoms with Crippen molar-refractivity contribution >= 4 is 69.7 Å². The van der Waals surface area contributed by atoms with Crippen molar-refractivity contribution in [1.82, 2.24) is 15.6 Å². The van der Waals surface area contributed by atoms with Crippen LogP contribution >= 0.6 is 35.4 Å². The Morgan fingerprint density at radius 3 is 2.64 bits per heavy atom. The number of aliphatic imine (C=N–C) groups is 1. The molecule has 39 heavy (non-hydrogen) atoms. The van der Waals surface area contributed by atoms with Gasteiger partial charge in [-0.1, -0.05) is 23.2 Å². The van der Waals surface area contributed by atoms with E-state index in [0.29, 0.717) is 22.7 Å². The molecule has 0 atom stereocenters. The summed E-state index contributed by atoms with van der Waals surface area (Å²) in [5, 5.41) is 8.14. The smallest absolute Gasteiger partial charge is 0.422 e. The van der Waals surface area contributed by atoms with Crippen molar-refractivity contribution in [1.29, 1.82) is 0 Å². The second kappa shape index (κ2) is 13.1. The van der Waals surface area contributed by atoms with E-state index in [1.54, 1.807) is 25.1 Å². The molecule has 2 amide bonds. The van der Waals surface area contributed by atoms with Crippen LogP contribution in [0, 0.1) is 6.92 Å². The zero-order chi connectivity index (χ0) is 28.7. The number of halogens is 5. The van der Waals surface area contributed by atoms with Gasteiger partial charge in [-0.2, -0.15) is 13.2 Å². The van der Waals surface area contributed by atoms with Gasteiger partial charge in [0.25, 0.3) is 11.8 Å². The van der Waals surface area contributed by atoms with Crippen LogP contribution < -0.4 is 20.9 Å². The zero-order valence-corrected chi connectivity index (χ0v) is 23.0. The van der Waals surface area contributed by atoms with Crippen LogP contribution in [0.15, 0.2) is 47.2 Å². The number of benzene rings is 1. The van der Waals surface area contributed by atoms with Crippen LogP contribution in [0.2, 0.25) is 10.0 Å². The minimum Gasteiger partial charge on any atom is -0.468 e. The molecule has 208 valence electrons. The van der Waals surface area contributed by atoms with E-state index in [1.165, 1.54) is 24.2 Å². The van der Waals surface area contributed by atoms with Crippen molar-refractivity contribution in [2.45, 2.75) is 19.5 Å². The Balaban J connectivity index is 1.95. The average molecular weight is 603 g/mol. The SMILES string of the molecule is CNC(=O)c1cc(Cl)cc(C)c1NC(=S)NC(=O)C1=CC(OCC(F)(F)F)=NCCCN1c1ncccc1Cl. The number of carbonyl (C=O) groups is 2. The molecule has 0 bridgehead atoms. The molecule has 0 saturated carbocycles. The predicted molar refractivity (Wildman–Crippen MR) is 148 cm³/mol. The third-order valence-electron chi connectivity index (χ3n) is 5.21. The molecule has 3 N–H and O–H groups in total. The fraction of sp³-hybridized carbons (Fsp3) is 0.292. The van der Waals surface area contributed by atoms with Gasteiger partial charge in [-0.25, -0.2) is 4.98 Å². The summed E-state index contributed by atoms with van der Waals surface area (Å²) < 4.78 is 43.3. The number of nitrogens with zero attached hydrogens (tertiary/aromatic N) is 3. The Morgan fingerprint density at radius 1 is 1.23 bits per heavy atom. The molecule has 0 spiro atoms. The fourth-order valence-corrected chi connectivity index (χ4v) is 4.23. The van der Waals surface area contributed by atoms with E-state index in [0.717, 1.165) is 6.08 Å². The van der Waals surface area contributed by atoms with Crippen LogP contribution in [-0.4, -0.2) is 60.7 Å². The highest BCUT2D eigenvalue weighted by atomic mass is 35.5. The molecule has 15 heteroatoms. The quantitative estimate of drug-likeness (QED) is 0.428. The number of aryl methyl sites for hydroxylation is 1. The van der Waals surface area contributed by atoms with Crippen molar-refractivity contribution in [3.05, 3.63) is 63.4 Å². The van der Waals surface area contributed by atoms with Crippen molar-refractivity contribution in [3.63, 3.8) is 0 Å². The summed E-state index contributed by atoms with van der Waals surface area (Å²) in [5.41, 5.74) is 0.886. The fourth-order valence-electron chi connectivity index (χ4n) is 3.54. The third-order valence-corrected chi connectivity index (χ3v) is 5.92. The number of hydrogen-bond donors (Lipinski definition) is 3. The summed E-state index contributed by atoms with van der Waals surface area (Å²) in [6.45, 7) is 0.439. The van der Waals surface area contributed by atoms with Gasteiger partial charge in [0.15, 0.2) is 17.5 Å². The van der Waals surface area contributed by atoms with Crippen LogP contribution in [0.1, 0.15) is 22.3 Å². The Kier molecular flexibility index (Phi) is 10.1. The van der Waals surface area contributed by atoms with E-state index in [1.807, 2.05) is 0 Å².